The Balaban J connectivity index is 2.92. The zero-order valence-corrected chi connectivity index (χ0v) is 14.4. The minimum Gasteiger partial charge on any atom is -0.0813 e. The van der Waals surface area contributed by atoms with Crippen molar-refractivity contribution in [3.8, 4) is 0 Å². The third-order valence-electron chi connectivity index (χ3n) is 4.16. The van der Waals surface area contributed by atoms with E-state index in [-0.39, 0.29) is 0 Å². The summed E-state index contributed by atoms with van der Waals surface area (Å²) < 4.78 is 0. The van der Waals surface area contributed by atoms with E-state index in [9.17, 15) is 0 Å². The van der Waals surface area contributed by atoms with Gasteiger partial charge in [-0.25, -0.2) is 0 Å². The van der Waals surface area contributed by atoms with Crippen molar-refractivity contribution in [2.24, 2.45) is 0 Å². The molecule has 119 valence electrons. The van der Waals surface area contributed by atoms with Crippen molar-refractivity contribution in [3.63, 3.8) is 0 Å². The molecule has 0 saturated heterocycles. The van der Waals surface area contributed by atoms with Crippen LogP contribution in [0, 0.1) is 6.08 Å². The monoisotopic (exact) mass is 279 g/mol. The van der Waals surface area contributed by atoms with Gasteiger partial charge in [0.25, 0.3) is 0 Å². The van der Waals surface area contributed by atoms with Gasteiger partial charge in [0.1, 0.15) is 0 Å². The van der Waals surface area contributed by atoms with E-state index in [2.05, 4.69) is 19.1 Å². The highest BCUT2D eigenvalue weighted by atomic mass is 14.0. The molecule has 0 fully saturated rings. The molecule has 0 heterocycles. The summed E-state index contributed by atoms with van der Waals surface area (Å²) in [7, 11) is 0. The van der Waals surface area contributed by atoms with E-state index >= 15 is 0 Å². The third kappa shape index (κ3) is 17.7. The number of hydrogen-bond donors (Lipinski definition) is 0. The van der Waals surface area contributed by atoms with Crippen LogP contribution in [-0.2, 0) is 0 Å². The Labute approximate surface area is 129 Å². The molecule has 0 N–H and O–H groups in total. The van der Waals surface area contributed by atoms with E-state index < -0.39 is 0 Å². The van der Waals surface area contributed by atoms with Crippen molar-refractivity contribution < 1.29 is 0 Å². The summed E-state index contributed by atoms with van der Waals surface area (Å²) in [6, 6.07) is 0. The summed E-state index contributed by atoms with van der Waals surface area (Å²) in [5.74, 6) is 0. The van der Waals surface area contributed by atoms with E-state index in [1.807, 2.05) is 6.92 Å². The Morgan fingerprint density at radius 2 is 0.900 bits per heavy atom. The van der Waals surface area contributed by atoms with E-state index in [1.54, 1.807) is 0 Å². The number of unbranched alkanes of at least 4 members (excludes halogenated alkanes) is 15. The zero-order chi connectivity index (χ0) is 14.7. The fourth-order valence-electron chi connectivity index (χ4n) is 2.76. The molecular weight excluding hydrogens is 240 g/mol. The quantitative estimate of drug-likeness (QED) is 0.255. The number of hydrogen-bond acceptors (Lipinski definition) is 0. The van der Waals surface area contributed by atoms with Crippen LogP contribution in [0.25, 0.3) is 0 Å². The fraction of sp³-hybridized carbons (Fsp3) is 0.900. The Kier molecular flexibility index (Phi) is 18.5. The zero-order valence-electron chi connectivity index (χ0n) is 14.4. The standard InChI is InChI=1S/C20H39/c1-3-5-7-9-11-13-15-17-19-20-18-16-14-12-10-8-6-4-2/h6H,3,5,7-20H2,1-2H3. The predicted molar refractivity (Wildman–Crippen MR) is 93.0 cm³/mol. The van der Waals surface area contributed by atoms with Crippen LogP contribution in [0.15, 0.2) is 6.08 Å². The van der Waals surface area contributed by atoms with Gasteiger partial charge in [-0.2, -0.15) is 0 Å². The molecule has 0 aromatic heterocycles. The fourth-order valence-corrected chi connectivity index (χ4v) is 2.76. The van der Waals surface area contributed by atoms with E-state index in [4.69, 9.17) is 0 Å². The maximum absolute atomic E-state index is 3.09. The molecule has 0 rings (SSSR count). The molecule has 0 aromatic rings. The van der Waals surface area contributed by atoms with Crippen LogP contribution in [0.2, 0.25) is 0 Å². The summed E-state index contributed by atoms with van der Waals surface area (Å²) in [6.07, 6.45) is 28.2. The first-order chi connectivity index (χ1) is 9.91. The van der Waals surface area contributed by atoms with Crippen LogP contribution in [0.1, 0.15) is 117 Å². The highest BCUT2D eigenvalue weighted by Crippen LogP contribution is 2.13. The number of rotatable bonds is 16. The normalized spacial score (nSPS) is 11.5. The Morgan fingerprint density at radius 3 is 1.25 bits per heavy atom. The Bertz CT molecular complexity index is 180. The SMILES string of the molecule is C/[C]=C/CCCCCCCCCCCCCCCCC. The van der Waals surface area contributed by atoms with Gasteiger partial charge in [0, 0.05) is 0 Å². The topological polar surface area (TPSA) is 0 Å². The largest absolute Gasteiger partial charge is 0.0813 e. The minimum atomic E-state index is 1.23. The van der Waals surface area contributed by atoms with Crippen molar-refractivity contribution in [3.05, 3.63) is 12.2 Å². The molecule has 1 radical (unpaired) electrons. The van der Waals surface area contributed by atoms with Crippen molar-refractivity contribution in [2.75, 3.05) is 0 Å². The van der Waals surface area contributed by atoms with Crippen LogP contribution >= 0.6 is 0 Å². The molecule has 0 unspecified atom stereocenters. The van der Waals surface area contributed by atoms with Gasteiger partial charge in [0.2, 0.25) is 0 Å². The van der Waals surface area contributed by atoms with Crippen molar-refractivity contribution in [2.45, 2.75) is 117 Å². The molecule has 0 aromatic carbocycles. The molecule has 0 spiro atoms. The summed E-state index contributed by atoms with van der Waals surface area (Å²) in [5, 5.41) is 0. The molecule has 0 aliphatic rings. The van der Waals surface area contributed by atoms with E-state index in [0.29, 0.717) is 0 Å². The van der Waals surface area contributed by atoms with Gasteiger partial charge in [0.05, 0.1) is 0 Å². The first-order valence-electron chi connectivity index (χ1n) is 9.40. The predicted octanol–water partition coefficient (Wildman–Crippen LogP) is 7.63. The molecule has 0 atom stereocenters. The second-order valence-electron chi connectivity index (χ2n) is 6.23. The Hall–Kier alpha value is -0.260. The molecular formula is C20H39. The molecule has 0 bridgehead atoms. The molecule has 0 nitrogen and oxygen atoms in total. The Morgan fingerprint density at radius 1 is 0.550 bits per heavy atom. The molecule has 0 saturated carbocycles. The molecule has 0 heteroatoms. The number of allylic oxidation sites excluding steroid dienone is 2. The lowest BCUT2D eigenvalue weighted by molar-refractivity contribution is 0.533. The van der Waals surface area contributed by atoms with Crippen molar-refractivity contribution >= 4 is 0 Å². The lowest BCUT2D eigenvalue weighted by Gasteiger charge is -2.03. The maximum atomic E-state index is 3.09. The van der Waals surface area contributed by atoms with Gasteiger partial charge in [-0.3, -0.25) is 0 Å². The van der Waals surface area contributed by atoms with E-state index in [1.165, 1.54) is 103 Å². The first kappa shape index (κ1) is 19.7. The van der Waals surface area contributed by atoms with Gasteiger partial charge in [0.15, 0.2) is 0 Å². The second-order valence-corrected chi connectivity index (χ2v) is 6.23. The molecule has 20 heavy (non-hydrogen) atoms. The van der Waals surface area contributed by atoms with Crippen molar-refractivity contribution in [1.82, 2.24) is 0 Å². The van der Waals surface area contributed by atoms with Gasteiger partial charge < -0.3 is 0 Å². The van der Waals surface area contributed by atoms with Crippen LogP contribution in [0.4, 0.5) is 0 Å². The summed E-state index contributed by atoms with van der Waals surface area (Å²) in [6.45, 7) is 4.28. The maximum Gasteiger partial charge on any atom is -0.0345 e. The van der Waals surface area contributed by atoms with Crippen LogP contribution < -0.4 is 0 Å². The average Bonchev–Trinajstić information content (AvgIpc) is 2.47. The molecule has 0 aliphatic heterocycles. The molecule has 0 amide bonds. The van der Waals surface area contributed by atoms with E-state index in [0.717, 1.165) is 0 Å². The smallest absolute Gasteiger partial charge is 0.0345 e. The summed E-state index contributed by atoms with van der Waals surface area (Å²) in [5.41, 5.74) is 0. The lowest BCUT2D eigenvalue weighted by atomic mass is 10.0. The van der Waals surface area contributed by atoms with Crippen LogP contribution in [-0.4, -0.2) is 0 Å². The van der Waals surface area contributed by atoms with Crippen molar-refractivity contribution in [1.29, 1.82) is 0 Å². The van der Waals surface area contributed by atoms with Gasteiger partial charge in [-0.05, 0) is 19.8 Å². The average molecular weight is 280 g/mol. The second kappa shape index (κ2) is 18.7. The summed E-state index contributed by atoms with van der Waals surface area (Å²) in [4.78, 5) is 0. The summed E-state index contributed by atoms with van der Waals surface area (Å²) >= 11 is 0. The van der Waals surface area contributed by atoms with Gasteiger partial charge in [-0.1, -0.05) is 109 Å². The highest BCUT2D eigenvalue weighted by Gasteiger charge is 1.93. The van der Waals surface area contributed by atoms with Crippen LogP contribution in [0.5, 0.6) is 0 Å². The minimum absolute atomic E-state index is 1.23. The highest BCUT2D eigenvalue weighted by molar-refractivity contribution is 4.69. The lowest BCUT2D eigenvalue weighted by Crippen LogP contribution is -1.83. The van der Waals surface area contributed by atoms with Gasteiger partial charge >= 0.3 is 0 Å². The third-order valence-corrected chi connectivity index (χ3v) is 4.16. The van der Waals surface area contributed by atoms with Crippen LogP contribution in [0.3, 0.4) is 0 Å². The van der Waals surface area contributed by atoms with Gasteiger partial charge in [-0.15, -0.1) is 0 Å². The molecule has 0 aliphatic carbocycles. The first-order valence-corrected chi connectivity index (χ1v) is 9.40.